The highest BCUT2D eigenvalue weighted by atomic mass is 16.1. The van der Waals surface area contributed by atoms with Gasteiger partial charge in [-0.25, -0.2) is 0 Å². The molecule has 0 bridgehead atoms. The van der Waals surface area contributed by atoms with E-state index in [1.54, 1.807) is 0 Å². The fraction of sp³-hybridized carbons (Fsp3) is 0.818. The van der Waals surface area contributed by atoms with Crippen LogP contribution in [0, 0.1) is 0 Å². The summed E-state index contributed by atoms with van der Waals surface area (Å²) < 4.78 is 0. The van der Waals surface area contributed by atoms with Crippen LogP contribution in [0.2, 0.25) is 0 Å². The van der Waals surface area contributed by atoms with Crippen molar-refractivity contribution in [3.63, 3.8) is 0 Å². The molecule has 78 valence electrons. The molecule has 0 amide bonds. The van der Waals surface area contributed by atoms with E-state index in [0.29, 0.717) is 0 Å². The lowest BCUT2D eigenvalue weighted by atomic mass is 10.2. The number of rotatable bonds is 7. The third-order valence-corrected chi connectivity index (χ3v) is 1.60. The zero-order valence-corrected chi connectivity index (χ0v) is 8.92. The number of aldehydes is 2. The molecule has 0 spiro atoms. The molecule has 0 rings (SSSR count). The summed E-state index contributed by atoms with van der Waals surface area (Å²) in [6.07, 6.45) is 9.05. The Kier molecular flexibility index (Phi) is 19.9. The van der Waals surface area contributed by atoms with Gasteiger partial charge in [0.15, 0.2) is 0 Å². The van der Waals surface area contributed by atoms with Crippen molar-refractivity contribution in [1.29, 1.82) is 0 Å². The van der Waals surface area contributed by atoms with Crippen molar-refractivity contribution in [2.75, 3.05) is 0 Å². The molecule has 0 fully saturated rings. The van der Waals surface area contributed by atoms with Crippen LogP contribution in [-0.4, -0.2) is 12.6 Å². The molecule has 2 heteroatoms. The summed E-state index contributed by atoms with van der Waals surface area (Å²) in [4.78, 5) is 19.2. The van der Waals surface area contributed by atoms with Crippen molar-refractivity contribution in [2.45, 2.75) is 58.8 Å². The normalized spacial score (nSPS) is 8.46. The second-order valence-corrected chi connectivity index (χ2v) is 2.97. The smallest absolute Gasteiger partial charge is 0.119 e. The Morgan fingerprint density at radius 3 is 1.54 bits per heavy atom. The van der Waals surface area contributed by atoms with Crippen LogP contribution < -0.4 is 0 Å². The van der Waals surface area contributed by atoms with Crippen molar-refractivity contribution in [1.82, 2.24) is 0 Å². The Balaban J connectivity index is 0. The minimum absolute atomic E-state index is 0.733. The fourth-order valence-corrected chi connectivity index (χ4v) is 0.765. The number of carbonyl (C=O) groups excluding carboxylic acids is 2. The molecule has 0 unspecified atom stereocenters. The molecular formula is C11H22O2. The van der Waals surface area contributed by atoms with Crippen LogP contribution in [0.15, 0.2) is 0 Å². The Labute approximate surface area is 81.7 Å². The van der Waals surface area contributed by atoms with Gasteiger partial charge >= 0.3 is 0 Å². The molecule has 0 aliphatic carbocycles. The van der Waals surface area contributed by atoms with Gasteiger partial charge in [-0.3, -0.25) is 0 Å². The SMILES string of the molecule is CCCCC=O.CCCCCC=O. The number of hydrogen-bond donors (Lipinski definition) is 0. The third kappa shape index (κ3) is 24.6. The first-order chi connectivity index (χ1) is 6.33. The van der Waals surface area contributed by atoms with E-state index in [-0.39, 0.29) is 0 Å². The Bertz CT molecular complexity index is 100. The molecular weight excluding hydrogens is 164 g/mol. The standard InChI is InChI=1S/C6H12O.C5H10O/c1-2-3-4-5-6-7;1-2-3-4-5-6/h6H,2-5H2,1H3;5H,2-4H2,1H3. The molecule has 0 radical (unpaired) electrons. The van der Waals surface area contributed by atoms with Gasteiger partial charge in [-0.2, -0.15) is 0 Å². The van der Waals surface area contributed by atoms with Crippen LogP contribution in [0.4, 0.5) is 0 Å². The highest BCUT2D eigenvalue weighted by molar-refractivity contribution is 5.49. The Morgan fingerprint density at radius 1 is 0.769 bits per heavy atom. The Hall–Kier alpha value is -0.660. The van der Waals surface area contributed by atoms with Gasteiger partial charge in [-0.15, -0.1) is 0 Å². The lowest BCUT2D eigenvalue weighted by molar-refractivity contribution is -0.108. The minimum atomic E-state index is 0.733. The Morgan fingerprint density at radius 2 is 1.23 bits per heavy atom. The predicted molar refractivity (Wildman–Crippen MR) is 55.8 cm³/mol. The van der Waals surface area contributed by atoms with Gasteiger partial charge in [0, 0.05) is 12.8 Å². The van der Waals surface area contributed by atoms with E-state index in [0.717, 1.165) is 44.7 Å². The van der Waals surface area contributed by atoms with Gasteiger partial charge in [0.2, 0.25) is 0 Å². The third-order valence-electron chi connectivity index (χ3n) is 1.60. The monoisotopic (exact) mass is 186 g/mol. The first-order valence-corrected chi connectivity index (χ1v) is 5.20. The van der Waals surface area contributed by atoms with Gasteiger partial charge in [-0.1, -0.05) is 33.1 Å². The second kappa shape index (κ2) is 17.4. The van der Waals surface area contributed by atoms with Crippen LogP contribution in [0.25, 0.3) is 0 Å². The molecule has 2 nitrogen and oxygen atoms in total. The summed E-state index contributed by atoms with van der Waals surface area (Å²) >= 11 is 0. The molecule has 0 aromatic carbocycles. The molecule has 0 N–H and O–H groups in total. The van der Waals surface area contributed by atoms with Crippen molar-refractivity contribution in [3.05, 3.63) is 0 Å². The summed E-state index contributed by atoms with van der Waals surface area (Å²) in [5.74, 6) is 0. The minimum Gasteiger partial charge on any atom is -0.303 e. The largest absolute Gasteiger partial charge is 0.303 e. The van der Waals surface area contributed by atoms with Crippen LogP contribution in [0.5, 0.6) is 0 Å². The van der Waals surface area contributed by atoms with Crippen LogP contribution in [0.3, 0.4) is 0 Å². The maximum atomic E-state index is 9.68. The summed E-state index contributed by atoms with van der Waals surface area (Å²) in [6.45, 7) is 4.20. The van der Waals surface area contributed by atoms with E-state index in [4.69, 9.17) is 0 Å². The summed E-state index contributed by atoms with van der Waals surface area (Å²) in [5.41, 5.74) is 0. The molecule has 13 heavy (non-hydrogen) atoms. The topological polar surface area (TPSA) is 34.1 Å². The zero-order valence-electron chi connectivity index (χ0n) is 8.92. The van der Waals surface area contributed by atoms with Crippen molar-refractivity contribution in [3.8, 4) is 0 Å². The van der Waals surface area contributed by atoms with Crippen LogP contribution >= 0.6 is 0 Å². The molecule has 0 aliphatic rings. The average molecular weight is 186 g/mol. The first-order valence-electron chi connectivity index (χ1n) is 5.20. The van der Waals surface area contributed by atoms with E-state index >= 15 is 0 Å². The highest BCUT2D eigenvalue weighted by Crippen LogP contribution is 1.94. The zero-order chi connectivity index (χ0) is 10.4. The lowest BCUT2D eigenvalue weighted by Gasteiger charge is -1.85. The van der Waals surface area contributed by atoms with Crippen molar-refractivity contribution >= 4 is 12.6 Å². The van der Waals surface area contributed by atoms with E-state index in [1.165, 1.54) is 12.8 Å². The van der Waals surface area contributed by atoms with Gasteiger partial charge in [-0.05, 0) is 12.8 Å². The van der Waals surface area contributed by atoms with E-state index in [2.05, 4.69) is 13.8 Å². The van der Waals surface area contributed by atoms with Crippen molar-refractivity contribution in [2.24, 2.45) is 0 Å². The number of carbonyl (C=O) groups is 2. The molecule has 0 aliphatic heterocycles. The average Bonchev–Trinajstić information content (AvgIpc) is 2.17. The van der Waals surface area contributed by atoms with Crippen LogP contribution in [-0.2, 0) is 9.59 Å². The number of hydrogen-bond acceptors (Lipinski definition) is 2. The summed E-state index contributed by atoms with van der Waals surface area (Å²) in [6, 6.07) is 0. The molecule has 0 atom stereocenters. The highest BCUT2D eigenvalue weighted by Gasteiger charge is 1.80. The molecule has 0 aromatic rings. The molecule has 0 heterocycles. The van der Waals surface area contributed by atoms with Gasteiger partial charge in [0.25, 0.3) is 0 Å². The second-order valence-electron chi connectivity index (χ2n) is 2.97. The van der Waals surface area contributed by atoms with Crippen LogP contribution in [0.1, 0.15) is 58.8 Å². The van der Waals surface area contributed by atoms with Gasteiger partial charge in [0.05, 0.1) is 0 Å². The van der Waals surface area contributed by atoms with Gasteiger partial charge < -0.3 is 9.59 Å². The van der Waals surface area contributed by atoms with E-state index < -0.39 is 0 Å². The summed E-state index contributed by atoms with van der Waals surface area (Å²) in [7, 11) is 0. The maximum absolute atomic E-state index is 9.68. The first kappa shape index (κ1) is 14.8. The quantitative estimate of drug-likeness (QED) is 0.452. The van der Waals surface area contributed by atoms with E-state index in [1.807, 2.05) is 0 Å². The van der Waals surface area contributed by atoms with Crippen molar-refractivity contribution < 1.29 is 9.59 Å². The van der Waals surface area contributed by atoms with Gasteiger partial charge in [0.1, 0.15) is 12.6 Å². The predicted octanol–water partition coefficient (Wildman–Crippen LogP) is 3.14. The maximum Gasteiger partial charge on any atom is 0.119 e. The van der Waals surface area contributed by atoms with E-state index in [9.17, 15) is 9.59 Å². The summed E-state index contributed by atoms with van der Waals surface area (Å²) in [5, 5.41) is 0. The molecule has 0 saturated carbocycles. The number of unbranched alkanes of at least 4 members (excludes halogenated alkanes) is 5. The lowest BCUT2D eigenvalue weighted by Crippen LogP contribution is -1.73. The molecule has 0 saturated heterocycles. The fourth-order valence-electron chi connectivity index (χ4n) is 0.765. The molecule has 0 aromatic heterocycles.